The first-order valence-electron chi connectivity index (χ1n) is 32.6. The summed E-state index contributed by atoms with van der Waals surface area (Å²) in [6, 6.07) is 0. The average Bonchev–Trinajstić information content (AvgIpc) is 3.46. The summed E-state index contributed by atoms with van der Waals surface area (Å²) < 4.78 is 16.9. The Labute approximate surface area is 498 Å². The molecule has 6 heteroatoms. The van der Waals surface area contributed by atoms with Gasteiger partial charge in [-0.05, 0) is 135 Å². The van der Waals surface area contributed by atoms with Crippen LogP contribution >= 0.6 is 0 Å². The molecule has 0 fully saturated rings. The van der Waals surface area contributed by atoms with Gasteiger partial charge in [-0.15, -0.1) is 0 Å². The fraction of sp³-hybridized carbons (Fsp3) is 0.587. The van der Waals surface area contributed by atoms with Crippen molar-refractivity contribution in [3.05, 3.63) is 170 Å². The number of allylic oxidation sites excluding steroid dienone is 28. The summed E-state index contributed by atoms with van der Waals surface area (Å²) >= 11 is 0. The number of hydrogen-bond donors (Lipinski definition) is 0. The highest BCUT2D eigenvalue weighted by molar-refractivity contribution is 5.71. The third kappa shape index (κ3) is 65.5. The van der Waals surface area contributed by atoms with Crippen LogP contribution in [0.5, 0.6) is 0 Å². The van der Waals surface area contributed by atoms with Gasteiger partial charge >= 0.3 is 17.9 Å². The van der Waals surface area contributed by atoms with E-state index in [0.717, 1.165) is 154 Å². The topological polar surface area (TPSA) is 78.9 Å². The molecule has 0 aromatic carbocycles. The molecule has 0 bridgehead atoms. The first-order valence-corrected chi connectivity index (χ1v) is 32.6. The average molecular weight is 1120 g/mol. The number of esters is 3. The van der Waals surface area contributed by atoms with Gasteiger partial charge in [-0.3, -0.25) is 14.4 Å². The van der Waals surface area contributed by atoms with E-state index in [9.17, 15) is 14.4 Å². The predicted octanol–water partition coefficient (Wildman–Crippen LogP) is 22.7. The van der Waals surface area contributed by atoms with E-state index < -0.39 is 6.10 Å². The molecule has 0 N–H and O–H groups in total. The van der Waals surface area contributed by atoms with Crippen LogP contribution in [0.1, 0.15) is 265 Å². The largest absolute Gasteiger partial charge is 0.462 e. The van der Waals surface area contributed by atoms with Crippen molar-refractivity contribution in [2.45, 2.75) is 271 Å². The fourth-order valence-electron chi connectivity index (χ4n) is 8.40. The second-order valence-corrected chi connectivity index (χ2v) is 20.9. The SMILES string of the molecule is CC/C=C\C/C=C\C/C=C\C/C=C\C/C=C\C/C=C\C/C=C\CCCCCC(=O)OCC(COC(=O)CCCCCCCCCCCCCCC)OC(=O)CCCCC/C=C\C/C=C\C/C=C\C/C=C\C/C=C\C/C=C\C/C=C\CC. The monoisotopic (exact) mass is 1110 g/mol. The van der Waals surface area contributed by atoms with Gasteiger partial charge in [-0.25, -0.2) is 0 Å². The number of rotatable bonds is 57. The normalized spacial score (nSPS) is 13.3. The number of carbonyl (C=O) groups excluding carboxylic acids is 3. The summed E-state index contributed by atoms with van der Waals surface area (Å²) in [5.41, 5.74) is 0. The maximum Gasteiger partial charge on any atom is 0.306 e. The Morgan fingerprint density at radius 2 is 0.481 bits per heavy atom. The minimum atomic E-state index is -0.819. The van der Waals surface area contributed by atoms with E-state index in [2.05, 4.69) is 191 Å². The molecule has 1 unspecified atom stereocenters. The highest BCUT2D eigenvalue weighted by Crippen LogP contribution is 2.15. The van der Waals surface area contributed by atoms with Crippen molar-refractivity contribution in [1.29, 1.82) is 0 Å². The van der Waals surface area contributed by atoms with Crippen LogP contribution in [0.15, 0.2) is 170 Å². The van der Waals surface area contributed by atoms with Gasteiger partial charge in [0.2, 0.25) is 0 Å². The first-order chi connectivity index (χ1) is 40.0. The molecule has 0 heterocycles. The fourth-order valence-corrected chi connectivity index (χ4v) is 8.40. The molecular weight excluding hydrogens is 997 g/mol. The van der Waals surface area contributed by atoms with Crippen molar-refractivity contribution in [2.75, 3.05) is 13.2 Å². The van der Waals surface area contributed by atoms with E-state index >= 15 is 0 Å². The molecule has 0 saturated heterocycles. The Hall–Kier alpha value is -5.23. The summed E-state index contributed by atoms with van der Waals surface area (Å²) in [5, 5.41) is 0. The minimum Gasteiger partial charge on any atom is -0.462 e. The molecule has 0 aliphatic rings. The Kier molecular flexibility index (Phi) is 62.9. The summed E-state index contributed by atoms with van der Waals surface area (Å²) in [5.74, 6) is -0.979. The molecule has 0 saturated carbocycles. The predicted molar refractivity (Wildman–Crippen MR) is 352 cm³/mol. The van der Waals surface area contributed by atoms with Crippen LogP contribution in [0.4, 0.5) is 0 Å². The smallest absolute Gasteiger partial charge is 0.306 e. The third-order valence-electron chi connectivity index (χ3n) is 13.2. The first kappa shape index (κ1) is 75.8. The summed E-state index contributed by atoms with van der Waals surface area (Å²) in [6.45, 7) is 6.35. The minimum absolute atomic E-state index is 0.108. The Balaban J connectivity index is 4.51. The van der Waals surface area contributed by atoms with Gasteiger partial charge in [0.15, 0.2) is 6.10 Å². The van der Waals surface area contributed by atoms with Crippen LogP contribution in [0.2, 0.25) is 0 Å². The molecule has 0 aromatic heterocycles. The van der Waals surface area contributed by atoms with Crippen molar-refractivity contribution in [3.63, 3.8) is 0 Å². The van der Waals surface area contributed by atoms with E-state index in [0.29, 0.717) is 19.3 Å². The maximum atomic E-state index is 12.9. The molecule has 81 heavy (non-hydrogen) atoms. The van der Waals surface area contributed by atoms with Crippen LogP contribution in [-0.4, -0.2) is 37.2 Å². The van der Waals surface area contributed by atoms with E-state index in [1.165, 1.54) is 64.2 Å². The van der Waals surface area contributed by atoms with Crippen molar-refractivity contribution in [3.8, 4) is 0 Å². The highest BCUT2D eigenvalue weighted by Gasteiger charge is 2.19. The molecule has 1 atom stereocenters. The lowest BCUT2D eigenvalue weighted by molar-refractivity contribution is -0.167. The molecule has 0 aromatic rings. The van der Waals surface area contributed by atoms with Gasteiger partial charge in [-0.2, -0.15) is 0 Å². The Bertz CT molecular complexity index is 1860. The van der Waals surface area contributed by atoms with E-state index in [-0.39, 0.29) is 37.5 Å². The van der Waals surface area contributed by atoms with Gasteiger partial charge in [0.25, 0.3) is 0 Å². The van der Waals surface area contributed by atoms with Crippen molar-refractivity contribution in [2.24, 2.45) is 0 Å². The van der Waals surface area contributed by atoms with Crippen LogP contribution < -0.4 is 0 Å². The van der Waals surface area contributed by atoms with E-state index in [1.54, 1.807) is 0 Å². The quantitative estimate of drug-likeness (QED) is 0.0261. The molecular formula is C75H118O6. The lowest BCUT2D eigenvalue weighted by atomic mass is 10.0. The van der Waals surface area contributed by atoms with Crippen LogP contribution in [0.25, 0.3) is 0 Å². The zero-order valence-electron chi connectivity index (χ0n) is 52.0. The zero-order valence-corrected chi connectivity index (χ0v) is 52.0. The summed E-state index contributed by atoms with van der Waals surface area (Å²) in [4.78, 5) is 38.3. The van der Waals surface area contributed by atoms with Crippen LogP contribution in [0.3, 0.4) is 0 Å². The van der Waals surface area contributed by atoms with Gasteiger partial charge in [0, 0.05) is 19.3 Å². The number of hydrogen-bond acceptors (Lipinski definition) is 6. The van der Waals surface area contributed by atoms with Gasteiger partial charge < -0.3 is 14.2 Å². The molecule has 6 nitrogen and oxygen atoms in total. The molecule has 454 valence electrons. The van der Waals surface area contributed by atoms with Gasteiger partial charge in [0.05, 0.1) is 0 Å². The second kappa shape index (κ2) is 67.3. The van der Waals surface area contributed by atoms with E-state index in [1.807, 2.05) is 0 Å². The second-order valence-electron chi connectivity index (χ2n) is 20.9. The van der Waals surface area contributed by atoms with Gasteiger partial charge in [0.1, 0.15) is 13.2 Å². The molecule has 0 rings (SSSR count). The lowest BCUT2D eigenvalue weighted by Gasteiger charge is -2.18. The molecule has 0 aliphatic heterocycles. The summed E-state index contributed by atoms with van der Waals surface area (Å²) in [7, 11) is 0. The molecule has 0 aliphatic carbocycles. The number of unbranched alkanes of at least 4 members (excludes halogenated alkanes) is 18. The number of ether oxygens (including phenoxy) is 3. The number of carbonyl (C=O) groups is 3. The molecule has 0 amide bonds. The van der Waals surface area contributed by atoms with Crippen molar-refractivity contribution >= 4 is 17.9 Å². The van der Waals surface area contributed by atoms with Gasteiger partial charge in [-0.1, -0.05) is 281 Å². The lowest BCUT2D eigenvalue weighted by Crippen LogP contribution is -2.30. The Morgan fingerprint density at radius 3 is 0.753 bits per heavy atom. The summed E-state index contributed by atoms with van der Waals surface area (Å²) in [6.07, 6.45) is 99.2. The highest BCUT2D eigenvalue weighted by atomic mass is 16.6. The molecule has 0 radical (unpaired) electrons. The Morgan fingerprint density at radius 1 is 0.259 bits per heavy atom. The van der Waals surface area contributed by atoms with Crippen LogP contribution in [-0.2, 0) is 28.6 Å². The van der Waals surface area contributed by atoms with E-state index in [4.69, 9.17) is 14.2 Å². The maximum absolute atomic E-state index is 12.9. The van der Waals surface area contributed by atoms with Crippen molar-refractivity contribution < 1.29 is 28.6 Å². The zero-order chi connectivity index (χ0) is 58.5. The standard InChI is InChI=1S/C75H118O6/c1-4-7-10-13-16-19-22-25-27-29-31-33-35-37-39-41-43-45-47-50-53-56-59-62-65-68-74(77)80-71-72(70-79-73(76)67-64-61-58-55-52-49-24-21-18-15-12-9-6-3)81-75(78)69-66-63-60-57-54-51-48-46-44-42-40-38-36-34-32-30-28-26-23-20-17-14-11-8-5-2/h7-8,10-11,16-17,19-20,25-28,31-34,37-40,43-46,50-51,53-54,72H,4-6,9,12-15,18,21-24,29-30,35-36,41-42,47-49,52,55-71H2,1-3H3/b10-7-,11-8-,19-16-,20-17-,27-25-,28-26-,33-31-,34-32-,39-37-,40-38-,45-43-,46-44-,53-50-,54-51-. The molecule has 0 spiro atoms. The van der Waals surface area contributed by atoms with Crippen molar-refractivity contribution in [1.82, 2.24) is 0 Å². The van der Waals surface area contributed by atoms with Crippen LogP contribution in [0, 0.1) is 0 Å². The third-order valence-corrected chi connectivity index (χ3v) is 13.2.